The minimum absolute atomic E-state index is 0.0153. The van der Waals surface area contributed by atoms with Gasteiger partial charge in [-0.05, 0) is 19.9 Å². The van der Waals surface area contributed by atoms with Gasteiger partial charge in [0.1, 0.15) is 15.7 Å². The summed E-state index contributed by atoms with van der Waals surface area (Å²) in [6, 6.07) is 4.12. The first-order valence-corrected chi connectivity index (χ1v) is 8.54. The van der Waals surface area contributed by atoms with Crippen LogP contribution in [0.1, 0.15) is 22.3 Å². The number of nitrogens with two attached hydrogens (primary N) is 1. The molecule has 0 amide bonds. The van der Waals surface area contributed by atoms with Crippen LogP contribution in [-0.4, -0.2) is 34.2 Å². The zero-order valence-corrected chi connectivity index (χ0v) is 15.1. The summed E-state index contributed by atoms with van der Waals surface area (Å²) in [5, 5.41) is 11.5. The molecule has 0 spiro atoms. The van der Waals surface area contributed by atoms with Gasteiger partial charge in [0.15, 0.2) is 0 Å². The number of aromatic nitrogens is 1. The van der Waals surface area contributed by atoms with Gasteiger partial charge in [0, 0.05) is 17.7 Å². The molecule has 25 heavy (non-hydrogen) atoms. The number of aryl methyl sites for hydroxylation is 1. The molecule has 10 heteroatoms. The van der Waals surface area contributed by atoms with Crippen LogP contribution in [0.15, 0.2) is 23.2 Å². The fraction of sp³-hybridized carbons (Fsp3) is 0.267. The molecular weight excluding hydrogens is 368 g/mol. The van der Waals surface area contributed by atoms with Gasteiger partial charge in [-0.3, -0.25) is 10.1 Å². The van der Waals surface area contributed by atoms with E-state index in [-0.39, 0.29) is 24.0 Å². The number of nitro groups is 1. The number of non-ortho nitro benzene ring substituents is 1. The number of nitro benzene ring substituents is 1. The second-order valence-corrected chi connectivity index (χ2v) is 6.12. The summed E-state index contributed by atoms with van der Waals surface area (Å²) in [7, 11) is 0. The molecule has 0 aliphatic carbocycles. The van der Waals surface area contributed by atoms with Crippen molar-refractivity contribution in [2.75, 3.05) is 12.5 Å². The predicted molar refractivity (Wildman–Crippen MR) is 96.9 cm³/mol. The molecule has 1 heterocycles. The van der Waals surface area contributed by atoms with Crippen molar-refractivity contribution in [3.63, 3.8) is 0 Å². The normalized spacial score (nSPS) is 11.4. The number of halogens is 1. The minimum atomic E-state index is -0.519. The number of hydrogen-bond donors (Lipinski definition) is 1. The van der Waals surface area contributed by atoms with E-state index in [0.29, 0.717) is 26.8 Å². The van der Waals surface area contributed by atoms with Gasteiger partial charge in [-0.15, -0.1) is 22.9 Å². The van der Waals surface area contributed by atoms with Gasteiger partial charge >= 0.3 is 5.97 Å². The van der Waals surface area contributed by atoms with Crippen LogP contribution in [0.2, 0.25) is 0 Å². The Balaban J connectivity index is 2.60. The Morgan fingerprint density at radius 1 is 1.52 bits per heavy atom. The molecule has 0 aliphatic heterocycles. The van der Waals surface area contributed by atoms with Gasteiger partial charge in [0.25, 0.3) is 5.69 Å². The standard InChI is InChI=1S/C15H15ClN4O4S/c1-3-24-15(21)13-8(2)18-14(25-13)10-6-9(20(22)23)4-5-11(10)19-12(17)7-16/h4-6H,3,7H2,1-2H3,(H2,17,19). The van der Waals surface area contributed by atoms with E-state index in [1.807, 2.05) is 0 Å². The fourth-order valence-corrected chi connectivity index (χ4v) is 3.03. The second kappa shape index (κ2) is 8.04. The summed E-state index contributed by atoms with van der Waals surface area (Å²) < 4.78 is 4.99. The molecule has 2 aromatic rings. The number of thiazole rings is 1. The first-order chi connectivity index (χ1) is 11.9. The van der Waals surface area contributed by atoms with E-state index >= 15 is 0 Å². The van der Waals surface area contributed by atoms with E-state index in [0.717, 1.165) is 11.3 Å². The third-order valence-corrected chi connectivity index (χ3v) is 4.52. The highest BCUT2D eigenvalue weighted by Gasteiger charge is 2.20. The van der Waals surface area contributed by atoms with Gasteiger partial charge in [-0.1, -0.05) is 0 Å². The number of aliphatic imine (C=N–C) groups is 1. The quantitative estimate of drug-likeness (QED) is 0.204. The first-order valence-electron chi connectivity index (χ1n) is 7.19. The molecular formula is C15H15ClN4O4S. The third-order valence-electron chi connectivity index (χ3n) is 3.08. The number of esters is 1. The van der Waals surface area contributed by atoms with E-state index < -0.39 is 10.9 Å². The minimum Gasteiger partial charge on any atom is -0.462 e. The number of benzene rings is 1. The largest absolute Gasteiger partial charge is 0.462 e. The number of rotatable bonds is 6. The Hall–Kier alpha value is -2.52. The van der Waals surface area contributed by atoms with Crippen LogP contribution < -0.4 is 5.73 Å². The number of ether oxygens (including phenoxy) is 1. The number of hydrogen-bond acceptors (Lipinski definition) is 7. The molecule has 0 bridgehead atoms. The summed E-state index contributed by atoms with van der Waals surface area (Å²) in [4.78, 5) is 31.4. The number of nitrogens with zero attached hydrogens (tertiary/aromatic N) is 3. The van der Waals surface area contributed by atoms with E-state index in [1.165, 1.54) is 18.2 Å². The Labute approximate surface area is 152 Å². The molecule has 1 aromatic carbocycles. The lowest BCUT2D eigenvalue weighted by molar-refractivity contribution is -0.384. The van der Waals surface area contributed by atoms with Crippen molar-refractivity contribution in [3.05, 3.63) is 38.9 Å². The van der Waals surface area contributed by atoms with Crippen LogP contribution in [0.25, 0.3) is 10.6 Å². The van der Waals surface area contributed by atoms with Gasteiger partial charge in [0.2, 0.25) is 0 Å². The van der Waals surface area contributed by atoms with Crippen molar-refractivity contribution in [3.8, 4) is 10.6 Å². The van der Waals surface area contributed by atoms with Crippen LogP contribution in [0, 0.1) is 17.0 Å². The van der Waals surface area contributed by atoms with Crippen LogP contribution in [0.5, 0.6) is 0 Å². The van der Waals surface area contributed by atoms with Gasteiger partial charge in [-0.25, -0.2) is 14.8 Å². The highest BCUT2D eigenvalue weighted by molar-refractivity contribution is 7.17. The van der Waals surface area contributed by atoms with E-state index in [4.69, 9.17) is 22.1 Å². The van der Waals surface area contributed by atoms with Crippen molar-refractivity contribution in [1.29, 1.82) is 0 Å². The molecule has 2 N–H and O–H groups in total. The number of amidine groups is 1. The molecule has 0 saturated carbocycles. The topological polar surface area (TPSA) is 121 Å². The lowest BCUT2D eigenvalue weighted by Crippen LogP contribution is -2.12. The molecule has 132 valence electrons. The number of carbonyl (C=O) groups excluding carboxylic acids is 1. The van der Waals surface area contributed by atoms with Gasteiger partial charge in [-0.2, -0.15) is 0 Å². The molecule has 0 unspecified atom stereocenters. The molecule has 1 aromatic heterocycles. The Morgan fingerprint density at radius 3 is 2.84 bits per heavy atom. The molecule has 0 atom stereocenters. The number of carbonyl (C=O) groups is 1. The average molecular weight is 383 g/mol. The summed E-state index contributed by atoms with van der Waals surface area (Å²) in [6.07, 6.45) is 0. The first kappa shape index (κ1) is 18.8. The SMILES string of the molecule is CCOC(=O)c1sc(-c2cc([N+](=O)[O-])ccc2N=C(N)CCl)nc1C. The lowest BCUT2D eigenvalue weighted by atomic mass is 10.1. The molecule has 0 fully saturated rings. The highest BCUT2D eigenvalue weighted by Crippen LogP contribution is 2.37. The highest BCUT2D eigenvalue weighted by atomic mass is 35.5. The van der Waals surface area contributed by atoms with Crippen LogP contribution in [-0.2, 0) is 4.74 Å². The van der Waals surface area contributed by atoms with Crippen molar-refractivity contribution < 1.29 is 14.5 Å². The predicted octanol–water partition coefficient (Wildman–Crippen LogP) is 3.43. The summed E-state index contributed by atoms with van der Waals surface area (Å²) in [5.74, 6) is -0.309. The van der Waals surface area contributed by atoms with Crippen molar-refractivity contribution in [2.24, 2.45) is 10.7 Å². The molecule has 0 saturated heterocycles. The lowest BCUT2D eigenvalue weighted by Gasteiger charge is -2.04. The van der Waals surface area contributed by atoms with Gasteiger partial charge in [0.05, 0.1) is 28.8 Å². The zero-order chi connectivity index (χ0) is 18.6. The van der Waals surface area contributed by atoms with Crippen LogP contribution >= 0.6 is 22.9 Å². The maximum atomic E-state index is 12.0. The Morgan fingerprint density at radius 2 is 2.24 bits per heavy atom. The zero-order valence-electron chi connectivity index (χ0n) is 13.5. The smallest absolute Gasteiger partial charge is 0.350 e. The van der Waals surface area contributed by atoms with E-state index in [2.05, 4.69) is 9.98 Å². The molecule has 2 rings (SSSR count). The van der Waals surface area contributed by atoms with E-state index in [9.17, 15) is 14.9 Å². The number of alkyl halides is 1. The maximum absolute atomic E-state index is 12.0. The van der Waals surface area contributed by atoms with E-state index in [1.54, 1.807) is 13.8 Å². The average Bonchev–Trinajstić information content (AvgIpc) is 2.96. The van der Waals surface area contributed by atoms with Crippen molar-refractivity contribution in [2.45, 2.75) is 13.8 Å². The molecule has 0 radical (unpaired) electrons. The van der Waals surface area contributed by atoms with Crippen molar-refractivity contribution in [1.82, 2.24) is 4.98 Å². The summed E-state index contributed by atoms with van der Waals surface area (Å²) in [6.45, 7) is 3.61. The third kappa shape index (κ3) is 4.31. The second-order valence-electron chi connectivity index (χ2n) is 4.85. The molecule has 8 nitrogen and oxygen atoms in total. The Bertz CT molecular complexity index is 850. The summed E-state index contributed by atoms with van der Waals surface area (Å²) in [5.41, 5.74) is 6.80. The van der Waals surface area contributed by atoms with Crippen LogP contribution in [0.4, 0.5) is 11.4 Å². The van der Waals surface area contributed by atoms with Crippen LogP contribution in [0.3, 0.4) is 0 Å². The Kier molecular flexibility index (Phi) is 6.05. The fourth-order valence-electron chi connectivity index (χ4n) is 1.99. The maximum Gasteiger partial charge on any atom is 0.350 e. The summed E-state index contributed by atoms with van der Waals surface area (Å²) >= 11 is 6.73. The van der Waals surface area contributed by atoms with Gasteiger partial charge < -0.3 is 10.5 Å². The molecule has 0 aliphatic rings. The van der Waals surface area contributed by atoms with Crippen molar-refractivity contribution >= 4 is 46.1 Å². The monoisotopic (exact) mass is 382 g/mol.